The van der Waals surface area contributed by atoms with Crippen LogP contribution >= 0.6 is 11.6 Å². The number of nitrogens with zero attached hydrogens (tertiary/aromatic N) is 1. The van der Waals surface area contributed by atoms with Crippen LogP contribution < -0.4 is 11.3 Å². The van der Waals surface area contributed by atoms with E-state index in [9.17, 15) is 4.39 Å². The third kappa shape index (κ3) is 2.85. The molecule has 0 radical (unpaired) electrons. The summed E-state index contributed by atoms with van der Waals surface area (Å²) in [6.07, 6.45) is 1.59. The molecule has 0 spiro atoms. The van der Waals surface area contributed by atoms with Gasteiger partial charge >= 0.3 is 0 Å². The molecule has 0 saturated heterocycles. The molecule has 2 rings (SSSR count). The van der Waals surface area contributed by atoms with E-state index in [0.717, 1.165) is 16.7 Å². The Labute approximate surface area is 110 Å². The molecule has 2 aromatic rings. The number of pyridine rings is 1. The molecule has 1 aromatic carbocycles. The number of hydrazine groups is 1. The standard InChI is InChI=1S/C13H13ClFN3/c1-8-4-10(6-11(15)5-8)13(18-16)9-2-3-17-12(14)7-9/h2-7,13,18H,16H2,1H3. The lowest BCUT2D eigenvalue weighted by Gasteiger charge is -2.17. The van der Waals surface area contributed by atoms with Gasteiger partial charge in [-0.25, -0.2) is 14.8 Å². The molecular formula is C13H13ClFN3. The topological polar surface area (TPSA) is 50.9 Å². The summed E-state index contributed by atoms with van der Waals surface area (Å²) in [6.45, 7) is 1.83. The molecule has 3 N–H and O–H groups in total. The van der Waals surface area contributed by atoms with Gasteiger partial charge in [-0.15, -0.1) is 0 Å². The molecule has 1 unspecified atom stereocenters. The van der Waals surface area contributed by atoms with Gasteiger partial charge in [0.05, 0.1) is 6.04 Å². The van der Waals surface area contributed by atoms with Crippen molar-refractivity contribution in [3.63, 3.8) is 0 Å². The quantitative estimate of drug-likeness (QED) is 0.510. The van der Waals surface area contributed by atoms with Gasteiger partial charge in [0.1, 0.15) is 11.0 Å². The fourth-order valence-corrected chi connectivity index (χ4v) is 2.10. The van der Waals surface area contributed by atoms with E-state index in [0.29, 0.717) is 5.15 Å². The van der Waals surface area contributed by atoms with Crippen LogP contribution in [0.3, 0.4) is 0 Å². The van der Waals surface area contributed by atoms with E-state index in [1.807, 2.05) is 13.0 Å². The highest BCUT2D eigenvalue weighted by atomic mass is 35.5. The molecule has 0 aliphatic carbocycles. The molecule has 94 valence electrons. The SMILES string of the molecule is Cc1cc(F)cc(C(NN)c2ccnc(Cl)c2)c1. The van der Waals surface area contributed by atoms with Gasteiger partial charge < -0.3 is 0 Å². The van der Waals surface area contributed by atoms with E-state index in [4.69, 9.17) is 17.4 Å². The van der Waals surface area contributed by atoms with Crippen molar-refractivity contribution in [3.05, 3.63) is 64.2 Å². The van der Waals surface area contributed by atoms with Crippen LogP contribution in [0.15, 0.2) is 36.5 Å². The molecule has 1 atom stereocenters. The highest BCUT2D eigenvalue weighted by Gasteiger charge is 2.14. The van der Waals surface area contributed by atoms with E-state index < -0.39 is 0 Å². The molecule has 0 amide bonds. The van der Waals surface area contributed by atoms with Crippen molar-refractivity contribution in [2.24, 2.45) is 5.84 Å². The smallest absolute Gasteiger partial charge is 0.129 e. The number of nitrogens with one attached hydrogen (secondary N) is 1. The maximum absolute atomic E-state index is 13.4. The molecule has 3 nitrogen and oxygen atoms in total. The minimum absolute atomic E-state index is 0.287. The highest BCUT2D eigenvalue weighted by Crippen LogP contribution is 2.24. The van der Waals surface area contributed by atoms with Crippen molar-refractivity contribution in [3.8, 4) is 0 Å². The van der Waals surface area contributed by atoms with Crippen molar-refractivity contribution >= 4 is 11.6 Å². The van der Waals surface area contributed by atoms with Crippen molar-refractivity contribution in [2.45, 2.75) is 13.0 Å². The zero-order chi connectivity index (χ0) is 13.1. The number of benzene rings is 1. The van der Waals surface area contributed by atoms with Gasteiger partial charge in [-0.2, -0.15) is 0 Å². The summed E-state index contributed by atoms with van der Waals surface area (Å²) in [6, 6.07) is 7.97. The Morgan fingerprint density at radius 3 is 2.67 bits per heavy atom. The summed E-state index contributed by atoms with van der Waals surface area (Å²) in [4.78, 5) is 3.91. The Morgan fingerprint density at radius 2 is 2.06 bits per heavy atom. The summed E-state index contributed by atoms with van der Waals surface area (Å²) in [5.41, 5.74) is 5.08. The fraction of sp³-hybridized carbons (Fsp3) is 0.154. The first-order chi connectivity index (χ1) is 8.60. The molecular weight excluding hydrogens is 253 g/mol. The predicted octanol–water partition coefficient (Wildman–Crippen LogP) is 2.74. The average molecular weight is 266 g/mol. The number of aromatic nitrogens is 1. The second-order valence-electron chi connectivity index (χ2n) is 4.07. The van der Waals surface area contributed by atoms with Gasteiger partial charge in [-0.3, -0.25) is 5.84 Å². The van der Waals surface area contributed by atoms with E-state index >= 15 is 0 Å². The van der Waals surface area contributed by atoms with Crippen molar-refractivity contribution < 1.29 is 4.39 Å². The molecule has 0 fully saturated rings. The molecule has 1 aromatic heterocycles. The highest BCUT2D eigenvalue weighted by molar-refractivity contribution is 6.29. The van der Waals surface area contributed by atoms with Gasteiger partial charge in [-0.05, 0) is 47.9 Å². The first-order valence-electron chi connectivity index (χ1n) is 5.45. The van der Waals surface area contributed by atoms with E-state index in [1.165, 1.54) is 12.1 Å². The Balaban J connectivity index is 2.45. The second kappa shape index (κ2) is 5.44. The average Bonchev–Trinajstić information content (AvgIpc) is 2.28. The normalized spacial score (nSPS) is 12.4. The summed E-state index contributed by atoms with van der Waals surface area (Å²) >= 11 is 5.84. The van der Waals surface area contributed by atoms with Gasteiger partial charge in [0.25, 0.3) is 0 Å². The summed E-state index contributed by atoms with van der Waals surface area (Å²) < 4.78 is 13.4. The molecule has 0 aliphatic rings. The van der Waals surface area contributed by atoms with Crippen LogP contribution in [0.2, 0.25) is 5.15 Å². The number of aryl methyl sites for hydroxylation is 1. The Hall–Kier alpha value is -1.49. The number of hydrogen-bond acceptors (Lipinski definition) is 3. The molecule has 0 bridgehead atoms. The maximum atomic E-state index is 13.4. The third-order valence-corrected chi connectivity index (χ3v) is 2.86. The van der Waals surface area contributed by atoms with Crippen LogP contribution in [0.4, 0.5) is 4.39 Å². The van der Waals surface area contributed by atoms with Crippen molar-refractivity contribution in [1.82, 2.24) is 10.4 Å². The van der Waals surface area contributed by atoms with Crippen LogP contribution in [0.5, 0.6) is 0 Å². The minimum Gasteiger partial charge on any atom is -0.271 e. The zero-order valence-corrected chi connectivity index (χ0v) is 10.6. The Bertz CT molecular complexity index is 539. The first kappa shape index (κ1) is 13.0. The zero-order valence-electron chi connectivity index (χ0n) is 9.82. The van der Waals surface area contributed by atoms with Gasteiger partial charge in [-0.1, -0.05) is 17.7 Å². The summed E-state index contributed by atoms with van der Waals surface area (Å²) in [5.74, 6) is 5.26. The predicted molar refractivity (Wildman–Crippen MR) is 69.6 cm³/mol. The van der Waals surface area contributed by atoms with E-state index in [1.54, 1.807) is 18.3 Å². The van der Waals surface area contributed by atoms with Crippen LogP contribution in [-0.4, -0.2) is 4.98 Å². The number of halogens is 2. The summed E-state index contributed by atoms with van der Waals surface area (Å²) in [5, 5.41) is 0.376. The lowest BCUT2D eigenvalue weighted by molar-refractivity contribution is 0.603. The second-order valence-corrected chi connectivity index (χ2v) is 4.46. The summed E-state index contributed by atoms with van der Waals surface area (Å²) in [7, 11) is 0. The van der Waals surface area contributed by atoms with Crippen LogP contribution in [0, 0.1) is 12.7 Å². The van der Waals surface area contributed by atoms with Crippen molar-refractivity contribution in [1.29, 1.82) is 0 Å². The van der Waals surface area contributed by atoms with Crippen LogP contribution in [0.25, 0.3) is 0 Å². The van der Waals surface area contributed by atoms with Gasteiger partial charge in [0, 0.05) is 6.20 Å². The number of rotatable bonds is 3. The Morgan fingerprint density at radius 1 is 1.28 bits per heavy atom. The van der Waals surface area contributed by atoms with Gasteiger partial charge in [0.15, 0.2) is 0 Å². The minimum atomic E-state index is -0.320. The Kier molecular flexibility index (Phi) is 3.91. The van der Waals surface area contributed by atoms with Crippen LogP contribution in [-0.2, 0) is 0 Å². The number of nitrogens with two attached hydrogens (primary N) is 1. The van der Waals surface area contributed by atoms with Crippen LogP contribution in [0.1, 0.15) is 22.7 Å². The maximum Gasteiger partial charge on any atom is 0.129 e. The lowest BCUT2D eigenvalue weighted by Crippen LogP contribution is -2.29. The van der Waals surface area contributed by atoms with E-state index in [2.05, 4.69) is 10.4 Å². The molecule has 0 saturated carbocycles. The first-order valence-corrected chi connectivity index (χ1v) is 5.82. The molecule has 1 heterocycles. The molecule has 5 heteroatoms. The monoisotopic (exact) mass is 265 g/mol. The lowest BCUT2D eigenvalue weighted by atomic mass is 9.98. The largest absolute Gasteiger partial charge is 0.271 e. The van der Waals surface area contributed by atoms with E-state index in [-0.39, 0.29) is 11.9 Å². The molecule has 18 heavy (non-hydrogen) atoms. The third-order valence-electron chi connectivity index (χ3n) is 2.65. The molecule has 0 aliphatic heterocycles. The number of hydrogen-bond donors (Lipinski definition) is 2. The fourth-order valence-electron chi connectivity index (χ4n) is 1.91. The van der Waals surface area contributed by atoms with Crippen molar-refractivity contribution in [2.75, 3.05) is 0 Å². The van der Waals surface area contributed by atoms with Gasteiger partial charge in [0.2, 0.25) is 0 Å².